The van der Waals surface area contributed by atoms with Gasteiger partial charge in [-0.15, -0.1) is 0 Å². The molecule has 22 heavy (non-hydrogen) atoms. The number of rotatable bonds is 5. The first-order valence-corrected chi connectivity index (χ1v) is 8.68. The van der Waals surface area contributed by atoms with E-state index in [-0.39, 0.29) is 17.9 Å². The molecule has 0 spiro atoms. The minimum Gasteiger partial charge on any atom is -0.481 e. The quantitative estimate of drug-likeness (QED) is 0.620. The summed E-state index contributed by atoms with van der Waals surface area (Å²) in [6, 6.07) is 0.270. The third kappa shape index (κ3) is 3.11. The van der Waals surface area contributed by atoms with E-state index in [4.69, 9.17) is 5.11 Å². The zero-order chi connectivity index (χ0) is 16.5. The van der Waals surface area contributed by atoms with Gasteiger partial charge < -0.3 is 10.0 Å². The number of hydrogen-bond donors (Lipinski definition) is 1. The van der Waals surface area contributed by atoms with Gasteiger partial charge in [-0.2, -0.15) is 8.42 Å². The Labute approximate surface area is 132 Å². The number of carboxylic acids is 1. The highest BCUT2D eigenvalue weighted by Crippen LogP contribution is 2.47. The summed E-state index contributed by atoms with van der Waals surface area (Å²) in [6.07, 6.45) is 5.73. The van der Waals surface area contributed by atoms with E-state index in [1.54, 1.807) is 6.08 Å². The molecule has 1 heterocycles. The Morgan fingerprint density at radius 3 is 2.64 bits per heavy atom. The third-order valence-electron chi connectivity index (χ3n) is 4.94. The van der Waals surface area contributed by atoms with Gasteiger partial charge in [-0.05, 0) is 37.5 Å². The summed E-state index contributed by atoms with van der Waals surface area (Å²) in [5, 5.41) is 8.71. The molecular weight excluding hydrogens is 302 g/mol. The van der Waals surface area contributed by atoms with Crippen molar-refractivity contribution in [3.05, 3.63) is 23.4 Å². The van der Waals surface area contributed by atoms with Crippen LogP contribution in [0.5, 0.6) is 0 Å². The lowest BCUT2D eigenvalue weighted by Crippen LogP contribution is -2.36. The van der Waals surface area contributed by atoms with Crippen molar-refractivity contribution < 1.29 is 18.3 Å². The molecule has 0 bridgehead atoms. The molecule has 122 valence electrons. The van der Waals surface area contributed by atoms with Crippen LogP contribution in [-0.2, 0) is 15.1 Å². The molecule has 1 aliphatic carbocycles. The monoisotopic (exact) mass is 325 g/mol. The summed E-state index contributed by atoms with van der Waals surface area (Å²) in [4.78, 5) is 13.3. The fraction of sp³-hybridized carbons (Fsp3) is 0.625. The summed E-state index contributed by atoms with van der Waals surface area (Å²) in [5.41, 5.74) is 2.19. The second kappa shape index (κ2) is 6.28. The van der Waals surface area contributed by atoms with Crippen molar-refractivity contribution in [3.63, 3.8) is 0 Å². The molecule has 6 heteroatoms. The largest absolute Gasteiger partial charge is 0.481 e. The third-order valence-corrected chi connectivity index (χ3v) is 5.65. The number of allylic oxidation sites excluding steroid dienone is 2. The van der Waals surface area contributed by atoms with Crippen molar-refractivity contribution >= 4 is 21.1 Å². The molecule has 0 fully saturated rings. The number of carbonyl (C=O) groups is 1. The zero-order valence-electron chi connectivity index (χ0n) is 13.3. The number of carboxylic acid groups (broad SMARTS) is 1. The van der Waals surface area contributed by atoms with E-state index < -0.39 is 16.3 Å². The zero-order valence-corrected chi connectivity index (χ0v) is 14.1. The SMILES string of the molecule is CC1N(CCCCC(=O)O)C2=C(CC(=S(=O)=O)C=C2)C1(C)C. The van der Waals surface area contributed by atoms with Gasteiger partial charge in [-0.25, -0.2) is 0 Å². The van der Waals surface area contributed by atoms with Gasteiger partial charge in [0.25, 0.3) is 0 Å². The number of hydrogen-bond acceptors (Lipinski definition) is 4. The fourth-order valence-electron chi connectivity index (χ4n) is 3.26. The van der Waals surface area contributed by atoms with Gasteiger partial charge in [0.05, 0.1) is 4.86 Å². The van der Waals surface area contributed by atoms with E-state index in [0.29, 0.717) is 17.7 Å². The topological polar surface area (TPSA) is 74.7 Å². The smallest absolute Gasteiger partial charge is 0.303 e. The molecule has 0 aromatic carbocycles. The van der Waals surface area contributed by atoms with E-state index >= 15 is 0 Å². The molecule has 0 amide bonds. The highest BCUT2D eigenvalue weighted by atomic mass is 32.2. The van der Waals surface area contributed by atoms with Crippen LogP contribution >= 0.6 is 0 Å². The number of nitrogens with zero attached hydrogens (tertiary/aromatic N) is 1. The number of aliphatic carboxylic acids is 1. The van der Waals surface area contributed by atoms with Crippen LogP contribution in [-0.4, -0.2) is 41.8 Å². The molecule has 2 rings (SSSR count). The normalized spacial score (nSPS) is 23.0. The fourth-order valence-corrected chi connectivity index (χ4v) is 3.70. The molecule has 5 nitrogen and oxygen atoms in total. The van der Waals surface area contributed by atoms with Gasteiger partial charge >= 0.3 is 5.97 Å². The van der Waals surface area contributed by atoms with E-state index in [9.17, 15) is 13.2 Å². The van der Waals surface area contributed by atoms with Crippen LogP contribution in [0.25, 0.3) is 0 Å². The molecule has 0 aromatic rings. The minimum absolute atomic E-state index is 0.0858. The predicted molar refractivity (Wildman–Crippen MR) is 86.1 cm³/mol. The van der Waals surface area contributed by atoms with Crippen LogP contribution in [0.3, 0.4) is 0 Å². The van der Waals surface area contributed by atoms with Crippen LogP contribution in [0.2, 0.25) is 0 Å². The van der Waals surface area contributed by atoms with Crippen LogP contribution in [0.15, 0.2) is 23.4 Å². The second-order valence-corrected chi connectivity index (χ2v) is 7.51. The van der Waals surface area contributed by atoms with Gasteiger partial charge in [0.1, 0.15) is 0 Å². The first-order valence-electron chi connectivity index (χ1n) is 7.60. The van der Waals surface area contributed by atoms with Gasteiger partial charge in [0.15, 0.2) is 0 Å². The average Bonchev–Trinajstić information content (AvgIpc) is 2.63. The van der Waals surface area contributed by atoms with Crippen molar-refractivity contribution in [2.75, 3.05) is 6.54 Å². The summed E-state index contributed by atoms with van der Waals surface area (Å²) >= 11 is 0. The second-order valence-electron chi connectivity index (χ2n) is 6.52. The molecule has 1 unspecified atom stereocenters. The summed E-state index contributed by atoms with van der Waals surface area (Å²) in [6.45, 7) is 7.25. The molecule has 2 aliphatic rings. The van der Waals surface area contributed by atoms with E-state index in [1.807, 2.05) is 6.08 Å². The maximum atomic E-state index is 11.2. The van der Waals surface area contributed by atoms with Crippen molar-refractivity contribution in [2.24, 2.45) is 5.41 Å². The lowest BCUT2D eigenvalue weighted by atomic mass is 9.77. The average molecular weight is 325 g/mol. The van der Waals surface area contributed by atoms with Crippen molar-refractivity contribution in [3.8, 4) is 0 Å². The number of unbranched alkanes of at least 4 members (excludes halogenated alkanes) is 1. The molecule has 0 radical (unpaired) electrons. The van der Waals surface area contributed by atoms with E-state index in [0.717, 1.165) is 18.7 Å². The Bertz CT molecular complexity index is 662. The Kier molecular flexibility index (Phi) is 4.80. The Morgan fingerprint density at radius 1 is 1.36 bits per heavy atom. The molecule has 1 aliphatic heterocycles. The van der Waals surface area contributed by atoms with Crippen molar-refractivity contribution in [1.29, 1.82) is 0 Å². The van der Waals surface area contributed by atoms with Crippen molar-refractivity contribution in [1.82, 2.24) is 4.90 Å². The maximum Gasteiger partial charge on any atom is 0.303 e. The predicted octanol–water partition coefficient (Wildman–Crippen LogP) is 2.24. The minimum atomic E-state index is -2.17. The van der Waals surface area contributed by atoms with Crippen LogP contribution in [0.4, 0.5) is 0 Å². The highest BCUT2D eigenvalue weighted by molar-refractivity contribution is 7.73. The van der Waals surface area contributed by atoms with Gasteiger partial charge in [-0.3, -0.25) is 4.79 Å². The highest BCUT2D eigenvalue weighted by Gasteiger charge is 2.43. The molecule has 0 saturated carbocycles. The first kappa shape index (κ1) is 16.8. The Morgan fingerprint density at radius 2 is 2.05 bits per heavy atom. The van der Waals surface area contributed by atoms with Crippen LogP contribution in [0.1, 0.15) is 46.5 Å². The molecule has 0 aromatic heterocycles. The summed E-state index contributed by atoms with van der Waals surface area (Å²) in [5.74, 6) is -0.760. The van der Waals surface area contributed by atoms with Gasteiger partial charge in [0.2, 0.25) is 10.3 Å². The molecule has 1 atom stereocenters. The van der Waals surface area contributed by atoms with Gasteiger partial charge in [0, 0.05) is 36.5 Å². The van der Waals surface area contributed by atoms with E-state index in [2.05, 4.69) is 25.7 Å². The lowest BCUT2D eigenvalue weighted by molar-refractivity contribution is -0.137. The summed E-state index contributed by atoms with van der Waals surface area (Å²) in [7, 11) is -2.17. The lowest BCUT2D eigenvalue weighted by Gasteiger charge is -2.33. The maximum absolute atomic E-state index is 11.2. The molecular formula is C16H23NO4S. The first-order chi connectivity index (χ1) is 10.2. The van der Waals surface area contributed by atoms with E-state index in [1.165, 1.54) is 5.57 Å². The van der Waals surface area contributed by atoms with Gasteiger partial charge in [-0.1, -0.05) is 13.8 Å². The van der Waals surface area contributed by atoms with Crippen molar-refractivity contribution in [2.45, 2.75) is 52.5 Å². The van der Waals surface area contributed by atoms with Crippen LogP contribution in [0, 0.1) is 5.41 Å². The standard InChI is InChI=1S/C16H23NO4S/c1-11-16(2,3)13-10-12(22(20)21)7-8-14(13)17(11)9-5-4-6-15(18)19/h7-8,11H,4-6,9-10H2,1-3H3,(H,18,19). The summed E-state index contributed by atoms with van der Waals surface area (Å²) < 4.78 is 22.4. The van der Waals surface area contributed by atoms with Crippen LogP contribution < -0.4 is 0 Å². The molecule has 1 N–H and O–H groups in total. The Hall–Kier alpha value is -1.56. The Balaban J connectivity index is 2.18. The molecule has 0 saturated heterocycles.